The topological polar surface area (TPSA) is 71.4 Å². The van der Waals surface area contributed by atoms with E-state index >= 15 is 0 Å². The van der Waals surface area contributed by atoms with Gasteiger partial charge in [0.1, 0.15) is 0 Å². The Morgan fingerprint density at radius 1 is 0.312 bits per heavy atom. The zero-order chi connectivity index (χ0) is 33.3. The molecule has 3 aliphatic rings. The molecule has 0 unspecified atom stereocenters. The van der Waals surface area contributed by atoms with Gasteiger partial charge in [0.05, 0.1) is 0 Å². The minimum absolute atomic E-state index is 0. The summed E-state index contributed by atoms with van der Waals surface area (Å²) in [5.41, 5.74) is 11.3. The van der Waals surface area contributed by atoms with Crippen LogP contribution in [0.4, 0.5) is 0 Å². The van der Waals surface area contributed by atoms with E-state index in [4.69, 9.17) is 5.11 Å². The van der Waals surface area contributed by atoms with E-state index in [9.17, 15) is 14.4 Å². The van der Waals surface area contributed by atoms with E-state index in [1.54, 1.807) is 0 Å². The maximum Gasteiger partial charge on any atom is 0.194 e. The normalized spacial score (nSPS) is 11.4. The van der Waals surface area contributed by atoms with Crippen LogP contribution in [0.25, 0.3) is 33.4 Å². The molecular formula is C44H40O4. The highest BCUT2D eigenvalue weighted by Gasteiger charge is 2.26. The Morgan fingerprint density at radius 3 is 0.542 bits per heavy atom. The van der Waals surface area contributed by atoms with Crippen LogP contribution in [0.1, 0.15) is 75.5 Å². The van der Waals surface area contributed by atoms with E-state index in [0.29, 0.717) is 0 Å². The summed E-state index contributed by atoms with van der Waals surface area (Å²) in [6, 6.07) is 46.5. The van der Waals surface area contributed by atoms with Gasteiger partial charge < -0.3 is 5.11 Å². The van der Waals surface area contributed by atoms with Crippen molar-refractivity contribution in [2.75, 3.05) is 7.11 Å². The molecule has 0 fully saturated rings. The number of carbonyl (C=O) groups excluding carboxylic acids is 3. The molecule has 6 aromatic carbocycles. The number of aliphatic hydroxyl groups is 1. The molecule has 0 bridgehead atoms. The van der Waals surface area contributed by atoms with E-state index in [1.807, 2.05) is 146 Å². The SMILES string of the molecule is C.CCC.CO.O=C1c2ccccc2-c2ccccc21.O=C1c2ccccc2-c2ccccc21.O=C1c2ccccc2-c2ccccc21. The maximum absolute atomic E-state index is 11.9. The third-order valence-corrected chi connectivity index (χ3v) is 7.90. The van der Waals surface area contributed by atoms with Gasteiger partial charge in [0, 0.05) is 40.5 Å². The van der Waals surface area contributed by atoms with E-state index in [2.05, 4.69) is 13.8 Å². The predicted molar refractivity (Wildman–Crippen MR) is 197 cm³/mol. The fraction of sp³-hybridized carbons (Fsp3) is 0.114. The molecule has 48 heavy (non-hydrogen) atoms. The highest BCUT2D eigenvalue weighted by molar-refractivity contribution is 6.23. The first-order chi connectivity index (χ1) is 23.0. The van der Waals surface area contributed by atoms with E-state index in [-0.39, 0.29) is 24.8 Å². The van der Waals surface area contributed by atoms with Crippen molar-refractivity contribution in [2.45, 2.75) is 27.7 Å². The number of benzene rings is 6. The Hall–Kier alpha value is -5.71. The molecule has 9 rings (SSSR count). The molecule has 0 heterocycles. The lowest BCUT2D eigenvalue weighted by Crippen LogP contribution is -1.93. The first-order valence-corrected chi connectivity index (χ1v) is 15.7. The quantitative estimate of drug-likeness (QED) is 0.181. The van der Waals surface area contributed by atoms with Crippen LogP contribution in [0.3, 0.4) is 0 Å². The minimum atomic E-state index is 0. The summed E-state index contributed by atoms with van der Waals surface area (Å²) in [7, 11) is 1.00. The molecule has 0 atom stereocenters. The van der Waals surface area contributed by atoms with Crippen LogP contribution in [0.15, 0.2) is 146 Å². The van der Waals surface area contributed by atoms with Crippen LogP contribution >= 0.6 is 0 Å². The summed E-state index contributed by atoms with van der Waals surface area (Å²) in [6.45, 7) is 4.25. The number of rotatable bonds is 0. The summed E-state index contributed by atoms with van der Waals surface area (Å²) in [5, 5.41) is 7.00. The van der Waals surface area contributed by atoms with Crippen molar-refractivity contribution in [1.29, 1.82) is 0 Å². The number of hydrogen-bond donors (Lipinski definition) is 1. The van der Waals surface area contributed by atoms with Gasteiger partial charge in [0.25, 0.3) is 0 Å². The van der Waals surface area contributed by atoms with Gasteiger partial charge in [-0.2, -0.15) is 0 Å². The number of fused-ring (bicyclic) bond motifs is 9. The van der Waals surface area contributed by atoms with Gasteiger partial charge in [-0.1, -0.05) is 173 Å². The molecule has 0 saturated heterocycles. The van der Waals surface area contributed by atoms with E-state index in [0.717, 1.165) is 73.9 Å². The van der Waals surface area contributed by atoms with Crippen LogP contribution in [0.5, 0.6) is 0 Å². The molecule has 0 aliphatic heterocycles. The molecule has 4 nitrogen and oxygen atoms in total. The number of carbonyl (C=O) groups is 3. The van der Waals surface area contributed by atoms with Gasteiger partial charge in [-0.25, -0.2) is 0 Å². The first-order valence-electron chi connectivity index (χ1n) is 15.7. The molecule has 4 heteroatoms. The second-order valence-corrected chi connectivity index (χ2v) is 11.0. The van der Waals surface area contributed by atoms with E-state index < -0.39 is 0 Å². The Kier molecular flexibility index (Phi) is 11.9. The number of hydrogen-bond acceptors (Lipinski definition) is 4. The average Bonchev–Trinajstić information content (AvgIpc) is 3.72. The summed E-state index contributed by atoms with van der Waals surface area (Å²) in [6.07, 6.45) is 1.25. The van der Waals surface area contributed by atoms with Crippen LogP contribution in [-0.2, 0) is 0 Å². The maximum atomic E-state index is 11.9. The molecule has 0 spiro atoms. The zero-order valence-electron chi connectivity index (χ0n) is 26.7. The lowest BCUT2D eigenvalue weighted by molar-refractivity contribution is 0.103. The van der Waals surface area contributed by atoms with Crippen LogP contribution < -0.4 is 0 Å². The Bertz CT molecular complexity index is 1690. The summed E-state index contributed by atoms with van der Waals surface area (Å²) in [5.74, 6) is 0.448. The molecule has 6 aromatic rings. The highest BCUT2D eigenvalue weighted by Crippen LogP contribution is 2.37. The summed E-state index contributed by atoms with van der Waals surface area (Å²) >= 11 is 0. The van der Waals surface area contributed by atoms with Crippen molar-refractivity contribution in [3.8, 4) is 33.4 Å². The van der Waals surface area contributed by atoms with Crippen molar-refractivity contribution < 1.29 is 19.5 Å². The first kappa shape index (κ1) is 35.1. The molecule has 0 amide bonds. The average molecular weight is 633 g/mol. The molecule has 240 valence electrons. The monoisotopic (exact) mass is 632 g/mol. The largest absolute Gasteiger partial charge is 0.400 e. The van der Waals surface area contributed by atoms with Crippen molar-refractivity contribution in [3.05, 3.63) is 179 Å². The van der Waals surface area contributed by atoms with Crippen LogP contribution in [0, 0.1) is 0 Å². The van der Waals surface area contributed by atoms with Crippen LogP contribution in [0.2, 0.25) is 0 Å². The fourth-order valence-electron chi connectivity index (χ4n) is 5.93. The third-order valence-electron chi connectivity index (χ3n) is 7.90. The van der Waals surface area contributed by atoms with Crippen molar-refractivity contribution >= 4 is 17.3 Å². The van der Waals surface area contributed by atoms with Gasteiger partial charge in [0.2, 0.25) is 0 Å². The fourth-order valence-corrected chi connectivity index (χ4v) is 5.93. The van der Waals surface area contributed by atoms with E-state index in [1.165, 1.54) is 6.42 Å². The second kappa shape index (κ2) is 16.2. The molecule has 0 saturated carbocycles. The number of ketones is 3. The lowest BCUT2D eigenvalue weighted by Gasteiger charge is -1.96. The highest BCUT2D eigenvalue weighted by atomic mass is 16.2. The van der Waals surface area contributed by atoms with Crippen LogP contribution in [-0.4, -0.2) is 29.6 Å². The summed E-state index contributed by atoms with van der Waals surface area (Å²) in [4.78, 5) is 35.7. The van der Waals surface area contributed by atoms with Crippen molar-refractivity contribution in [2.24, 2.45) is 0 Å². The molecular weight excluding hydrogens is 592 g/mol. The van der Waals surface area contributed by atoms with Gasteiger partial charge >= 0.3 is 0 Å². The molecule has 3 aliphatic carbocycles. The van der Waals surface area contributed by atoms with Gasteiger partial charge in [-0.3, -0.25) is 14.4 Å². The number of aliphatic hydroxyl groups excluding tert-OH is 1. The van der Waals surface area contributed by atoms with Crippen molar-refractivity contribution in [3.63, 3.8) is 0 Å². The lowest BCUT2D eigenvalue weighted by atomic mass is 10.1. The zero-order valence-corrected chi connectivity index (χ0v) is 26.7. The standard InChI is InChI=1S/3C13H8O.C3H8.CH4O.CH4/c3*14-13-11-7-3-1-5-9(11)10-6-2-4-8-12(10)13;1-3-2;1-2;/h3*1-8H;3H2,1-2H3;2H,1H3;1H4. The Labute approximate surface area is 283 Å². The molecule has 0 radical (unpaired) electrons. The predicted octanol–water partition coefficient (Wildman–Crippen LogP) is 10.4. The second-order valence-electron chi connectivity index (χ2n) is 11.0. The molecule has 1 N–H and O–H groups in total. The van der Waals surface area contributed by atoms with Gasteiger partial charge in [-0.15, -0.1) is 0 Å². The smallest absolute Gasteiger partial charge is 0.194 e. The molecule has 0 aromatic heterocycles. The third kappa shape index (κ3) is 6.71. The van der Waals surface area contributed by atoms with Crippen molar-refractivity contribution in [1.82, 2.24) is 0 Å². The summed E-state index contributed by atoms with van der Waals surface area (Å²) < 4.78 is 0. The Balaban J connectivity index is 0.000000151. The van der Waals surface area contributed by atoms with Gasteiger partial charge in [-0.05, 0) is 33.4 Å². The Morgan fingerprint density at radius 2 is 0.417 bits per heavy atom. The van der Waals surface area contributed by atoms with Gasteiger partial charge in [0.15, 0.2) is 17.3 Å². The minimum Gasteiger partial charge on any atom is -0.400 e.